The van der Waals surface area contributed by atoms with E-state index in [1.807, 2.05) is 19.1 Å². The van der Waals surface area contributed by atoms with E-state index in [1.165, 1.54) is 15.6 Å². The van der Waals surface area contributed by atoms with E-state index >= 15 is 0 Å². The average Bonchev–Trinajstić information content (AvgIpc) is 3.25. The smallest absolute Gasteiger partial charge is 0.257 e. The van der Waals surface area contributed by atoms with Crippen LogP contribution in [0.4, 0.5) is 0 Å². The standard InChI is InChI=1S/C19H21BrN2O4S2/c1-12-13(2)26-18-14(12)4-3-5-15(18)19(23)21-8-10-22(11-9-21)28(24,25)17-7-6-16(20)27-17/h3-7,12-13H,8-11H2,1-2H3/t12-,13+/m1/s1. The zero-order chi connectivity index (χ0) is 20.1. The number of carbonyl (C=O) groups excluding carboxylic acids is 1. The maximum atomic E-state index is 13.1. The molecule has 9 heteroatoms. The molecule has 28 heavy (non-hydrogen) atoms. The van der Waals surface area contributed by atoms with E-state index in [1.54, 1.807) is 23.1 Å². The molecule has 2 aliphatic rings. The number of halogens is 1. The molecule has 4 rings (SSSR count). The van der Waals surface area contributed by atoms with Crippen molar-refractivity contribution in [3.63, 3.8) is 0 Å². The summed E-state index contributed by atoms with van der Waals surface area (Å²) in [6, 6.07) is 9.02. The summed E-state index contributed by atoms with van der Waals surface area (Å²) in [6.07, 6.45) is 0.0380. The first-order valence-corrected chi connectivity index (χ1v) is 12.2. The molecule has 1 aromatic carbocycles. The number of sulfonamides is 1. The van der Waals surface area contributed by atoms with Crippen LogP contribution in [0.5, 0.6) is 5.75 Å². The molecule has 1 fully saturated rings. The van der Waals surface area contributed by atoms with Crippen LogP contribution in [0.15, 0.2) is 38.3 Å². The highest BCUT2D eigenvalue weighted by molar-refractivity contribution is 9.11. The van der Waals surface area contributed by atoms with Crippen LogP contribution in [0.1, 0.15) is 35.7 Å². The minimum absolute atomic E-state index is 0.0380. The minimum Gasteiger partial charge on any atom is -0.489 e. The van der Waals surface area contributed by atoms with Gasteiger partial charge in [-0.1, -0.05) is 19.1 Å². The predicted molar refractivity (Wildman–Crippen MR) is 112 cm³/mol. The Morgan fingerprint density at radius 1 is 1.14 bits per heavy atom. The van der Waals surface area contributed by atoms with E-state index in [-0.39, 0.29) is 31.0 Å². The average molecular weight is 485 g/mol. The highest BCUT2D eigenvalue weighted by Gasteiger charge is 2.35. The van der Waals surface area contributed by atoms with Crippen molar-refractivity contribution < 1.29 is 17.9 Å². The summed E-state index contributed by atoms with van der Waals surface area (Å²) in [5, 5.41) is 0. The summed E-state index contributed by atoms with van der Waals surface area (Å²) >= 11 is 4.50. The monoisotopic (exact) mass is 484 g/mol. The lowest BCUT2D eigenvalue weighted by Crippen LogP contribution is -2.50. The molecule has 1 aromatic heterocycles. The van der Waals surface area contributed by atoms with Crippen molar-refractivity contribution in [1.29, 1.82) is 0 Å². The third-order valence-corrected chi connectivity index (χ3v) is 9.43. The number of nitrogens with zero attached hydrogens (tertiary/aromatic N) is 2. The van der Waals surface area contributed by atoms with Gasteiger partial charge in [0.2, 0.25) is 0 Å². The van der Waals surface area contributed by atoms with Crippen LogP contribution < -0.4 is 4.74 Å². The van der Waals surface area contributed by atoms with E-state index in [2.05, 4.69) is 22.9 Å². The van der Waals surface area contributed by atoms with Crippen LogP contribution in [0.25, 0.3) is 0 Å². The fourth-order valence-corrected chi connectivity index (χ4v) is 7.21. The molecule has 0 N–H and O–H groups in total. The second kappa shape index (κ2) is 7.44. The first-order valence-electron chi connectivity index (χ1n) is 9.13. The molecule has 0 unspecified atom stereocenters. The fourth-order valence-electron chi connectivity index (χ4n) is 3.62. The van der Waals surface area contributed by atoms with E-state index in [0.29, 0.717) is 28.6 Å². The van der Waals surface area contributed by atoms with Gasteiger partial charge >= 0.3 is 0 Å². The van der Waals surface area contributed by atoms with Crippen molar-refractivity contribution >= 4 is 43.2 Å². The van der Waals surface area contributed by atoms with Crippen molar-refractivity contribution in [3.05, 3.63) is 45.2 Å². The predicted octanol–water partition coefficient (Wildman–Crippen LogP) is 3.54. The number of hydrogen-bond acceptors (Lipinski definition) is 5. The summed E-state index contributed by atoms with van der Waals surface area (Å²) in [6.45, 7) is 5.39. The lowest BCUT2D eigenvalue weighted by Gasteiger charge is -2.34. The molecule has 1 amide bonds. The second-order valence-corrected chi connectivity index (χ2v) is 11.7. The maximum Gasteiger partial charge on any atom is 0.257 e. The topological polar surface area (TPSA) is 66.9 Å². The molecule has 0 spiro atoms. The second-order valence-electron chi connectivity index (χ2n) is 7.09. The molecule has 2 aromatic rings. The number of rotatable bonds is 3. The van der Waals surface area contributed by atoms with Gasteiger partial charge in [-0.3, -0.25) is 4.79 Å². The van der Waals surface area contributed by atoms with Crippen molar-refractivity contribution in [2.24, 2.45) is 0 Å². The third kappa shape index (κ3) is 3.38. The van der Waals surface area contributed by atoms with Gasteiger partial charge < -0.3 is 9.64 Å². The minimum atomic E-state index is -3.52. The van der Waals surface area contributed by atoms with Crippen molar-refractivity contribution in [2.45, 2.75) is 30.1 Å². The van der Waals surface area contributed by atoms with Crippen LogP contribution in [0, 0.1) is 0 Å². The fraction of sp³-hybridized carbons (Fsp3) is 0.421. The number of carbonyl (C=O) groups is 1. The first kappa shape index (κ1) is 19.9. The molecule has 0 radical (unpaired) electrons. The highest BCUT2D eigenvalue weighted by Crippen LogP contribution is 2.40. The highest BCUT2D eigenvalue weighted by atomic mass is 79.9. The van der Waals surface area contributed by atoms with E-state index in [0.717, 1.165) is 9.35 Å². The SMILES string of the molecule is C[C@@H]1Oc2c(C(=O)N3CCN(S(=O)(=O)c4ccc(Br)s4)CC3)cccc2[C@@H]1C. The molecular weight excluding hydrogens is 464 g/mol. The van der Waals surface area contributed by atoms with Crippen LogP contribution >= 0.6 is 27.3 Å². The number of fused-ring (bicyclic) bond motifs is 1. The number of piperazine rings is 1. The Morgan fingerprint density at radius 3 is 2.50 bits per heavy atom. The molecule has 3 heterocycles. The Kier molecular flexibility index (Phi) is 5.28. The lowest BCUT2D eigenvalue weighted by atomic mass is 9.96. The van der Waals surface area contributed by atoms with Gasteiger partial charge in [-0.2, -0.15) is 4.31 Å². The summed E-state index contributed by atoms with van der Waals surface area (Å²) < 4.78 is 34.0. The van der Waals surface area contributed by atoms with Crippen molar-refractivity contribution in [2.75, 3.05) is 26.2 Å². The van der Waals surface area contributed by atoms with Crippen molar-refractivity contribution in [1.82, 2.24) is 9.21 Å². The number of para-hydroxylation sites is 1. The normalized spacial score (nSPS) is 22.8. The zero-order valence-corrected chi connectivity index (χ0v) is 18.8. The van der Waals surface area contributed by atoms with Crippen LogP contribution in [-0.4, -0.2) is 55.8 Å². The van der Waals surface area contributed by atoms with Gasteiger partial charge in [-0.15, -0.1) is 11.3 Å². The number of hydrogen-bond donors (Lipinski definition) is 0. The van der Waals surface area contributed by atoms with E-state index < -0.39 is 10.0 Å². The maximum absolute atomic E-state index is 13.1. The zero-order valence-electron chi connectivity index (χ0n) is 15.6. The number of benzene rings is 1. The molecule has 0 bridgehead atoms. The van der Waals surface area contributed by atoms with Gasteiger partial charge in [0.15, 0.2) is 0 Å². The molecule has 0 aliphatic carbocycles. The van der Waals surface area contributed by atoms with Gasteiger partial charge in [0.25, 0.3) is 15.9 Å². The van der Waals surface area contributed by atoms with Gasteiger partial charge in [0.05, 0.1) is 9.35 Å². The molecule has 1 saturated heterocycles. The van der Waals surface area contributed by atoms with Crippen LogP contribution in [0.2, 0.25) is 0 Å². The van der Waals surface area contributed by atoms with Gasteiger partial charge in [-0.25, -0.2) is 8.42 Å². The van der Waals surface area contributed by atoms with Gasteiger partial charge in [-0.05, 0) is 41.1 Å². The van der Waals surface area contributed by atoms with Gasteiger partial charge in [0, 0.05) is 37.7 Å². The third-order valence-electron chi connectivity index (χ3n) is 5.44. The Labute approximate surface area is 177 Å². The van der Waals surface area contributed by atoms with E-state index in [4.69, 9.17) is 4.74 Å². The quantitative estimate of drug-likeness (QED) is 0.667. The number of thiophene rings is 1. The first-order chi connectivity index (χ1) is 13.3. The Balaban J connectivity index is 1.49. The van der Waals surface area contributed by atoms with Crippen LogP contribution in [0.3, 0.4) is 0 Å². The Hall–Kier alpha value is -1.42. The molecule has 0 saturated carbocycles. The van der Waals surface area contributed by atoms with Crippen LogP contribution in [-0.2, 0) is 10.0 Å². The Bertz CT molecular complexity index is 1010. The van der Waals surface area contributed by atoms with Crippen molar-refractivity contribution in [3.8, 4) is 5.75 Å². The van der Waals surface area contributed by atoms with E-state index in [9.17, 15) is 13.2 Å². The van der Waals surface area contributed by atoms with Gasteiger partial charge in [0.1, 0.15) is 16.1 Å². The molecule has 2 atom stereocenters. The molecule has 6 nitrogen and oxygen atoms in total. The number of ether oxygens (including phenoxy) is 1. The summed E-state index contributed by atoms with van der Waals surface area (Å²) in [5.41, 5.74) is 1.62. The number of amides is 1. The Morgan fingerprint density at radius 2 is 1.86 bits per heavy atom. The molecule has 2 aliphatic heterocycles. The summed E-state index contributed by atoms with van der Waals surface area (Å²) in [7, 11) is -3.52. The lowest BCUT2D eigenvalue weighted by molar-refractivity contribution is 0.0693. The molecular formula is C19H21BrN2O4S2. The summed E-state index contributed by atoms with van der Waals surface area (Å²) in [4.78, 5) is 14.8. The molecule has 150 valence electrons. The summed E-state index contributed by atoms with van der Waals surface area (Å²) in [5.74, 6) is 0.815. The largest absolute Gasteiger partial charge is 0.489 e.